The Hall–Kier alpha value is -2.47. The summed E-state index contributed by atoms with van der Waals surface area (Å²) >= 11 is 1.55. The first kappa shape index (κ1) is 17.0. The van der Waals surface area contributed by atoms with Gasteiger partial charge in [0, 0.05) is 10.4 Å². The van der Waals surface area contributed by atoms with E-state index in [2.05, 4.69) is 10.2 Å². The second-order valence-corrected chi connectivity index (χ2v) is 7.62. The molecule has 0 saturated heterocycles. The van der Waals surface area contributed by atoms with Crippen LogP contribution in [0, 0.1) is 0 Å². The van der Waals surface area contributed by atoms with E-state index in [1.165, 1.54) is 29.7 Å². The lowest BCUT2D eigenvalue weighted by Gasteiger charge is -2.08. The number of aryl methyl sites for hydroxylation is 2. The number of carbonyl (C=O) groups is 1. The summed E-state index contributed by atoms with van der Waals surface area (Å²) in [6.07, 6.45) is 5.18. The van der Waals surface area contributed by atoms with Gasteiger partial charge in [0.25, 0.3) is 5.89 Å². The number of carbonyl (C=O) groups excluding carboxylic acids is 1. The van der Waals surface area contributed by atoms with Gasteiger partial charge in [-0.3, -0.25) is 0 Å². The third-order valence-corrected chi connectivity index (χ3v) is 5.76. The van der Waals surface area contributed by atoms with Gasteiger partial charge in [0.15, 0.2) is 6.10 Å². The number of benzene rings is 1. The predicted molar refractivity (Wildman–Crippen MR) is 99.1 cm³/mol. The monoisotopic (exact) mass is 368 g/mol. The van der Waals surface area contributed by atoms with E-state index in [0.717, 1.165) is 18.4 Å². The highest BCUT2D eigenvalue weighted by Gasteiger charge is 2.22. The van der Waals surface area contributed by atoms with Crippen LogP contribution in [-0.4, -0.2) is 16.2 Å². The van der Waals surface area contributed by atoms with Crippen LogP contribution < -0.4 is 0 Å². The molecule has 1 aliphatic rings. The molecule has 4 rings (SSSR count). The molecule has 5 nitrogen and oxygen atoms in total. The Morgan fingerprint density at radius 1 is 1.15 bits per heavy atom. The third kappa shape index (κ3) is 3.55. The molecule has 2 heterocycles. The number of hydrogen-bond donors (Lipinski definition) is 0. The lowest BCUT2D eigenvalue weighted by atomic mass is 10.1. The molecule has 0 N–H and O–H groups in total. The molecule has 134 valence electrons. The van der Waals surface area contributed by atoms with Gasteiger partial charge in [-0.1, -0.05) is 24.6 Å². The molecule has 0 saturated carbocycles. The van der Waals surface area contributed by atoms with E-state index in [1.807, 2.05) is 36.4 Å². The van der Waals surface area contributed by atoms with Gasteiger partial charge in [0.2, 0.25) is 5.89 Å². The van der Waals surface area contributed by atoms with Gasteiger partial charge in [-0.15, -0.1) is 21.5 Å². The second-order valence-electron chi connectivity index (χ2n) is 6.48. The molecule has 6 heteroatoms. The molecule has 0 fully saturated rings. The zero-order valence-electron chi connectivity index (χ0n) is 14.6. The molecule has 26 heavy (non-hydrogen) atoms. The Balaban J connectivity index is 1.45. The summed E-state index contributed by atoms with van der Waals surface area (Å²) in [5, 5.41) is 8.07. The first-order chi connectivity index (χ1) is 12.7. The van der Waals surface area contributed by atoms with Crippen molar-refractivity contribution in [3.05, 3.63) is 57.6 Å². The fourth-order valence-corrected chi connectivity index (χ4v) is 4.27. The number of fused-ring (bicyclic) bond motifs is 1. The normalized spacial score (nSPS) is 15.1. The van der Waals surface area contributed by atoms with Crippen LogP contribution in [0.1, 0.15) is 58.3 Å². The summed E-state index contributed by atoms with van der Waals surface area (Å²) in [6.45, 7) is 1.75. The highest BCUT2D eigenvalue weighted by Crippen LogP contribution is 2.30. The average molecular weight is 368 g/mol. The van der Waals surface area contributed by atoms with Crippen molar-refractivity contribution in [1.82, 2.24) is 10.2 Å². The van der Waals surface area contributed by atoms with Crippen molar-refractivity contribution in [2.45, 2.75) is 45.1 Å². The lowest BCUT2D eigenvalue weighted by molar-refractivity contribution is 0.0285. The molecule has 3 aromatic rings. The van der Waals surface area contributed by atoms with E-state index in [1.54, 1.807) is 18.3 Å². The van der Waals surface area contributed by atoms with Gasteiger partial charge >= 0.3 is 5.97 Å². The quantitative estimate of drug-likeness (QED) is 0.480. The van der Waals surface area contributed by atoms with Crippen molar-refractivity contribution in [2.75, 3.05) is 0 Å². The molecule has 0 amide bonds. The summed E-state index contributed by atoms with van der Waals surface area (Å²) in [5.74, 6) is 0.400. The first-order valence-corrected chi connectivity index (χ1v) is 9.74. The second kappa shape index (κ2) is 7.41. The van der Waals surface area contributed by atoms with Gasteiger partial charge in [0.05, 0.1) is 0 Å². The van der Waals surface area contributed by atoms with E-state index in [9.17, 15) is 4.79 Å². The number of esters is 1. The number of rotatable bonds is 4. The van der Waals surface area contributed by atoms with Crippen LogP contribution in [0.4, 0.5) is 0 Å². The van der Waals surface area contributed by atoms with Gasteiger partial charge in [-0.25, -0.2) is 4.79 Å². The molecule has 0 spiro atoms. The largest absolute Gasteiger partial charge is 0.448 e. The van der Waals surface area contributed by atoms with Crippen LogP contribution in [0.3, 0.4) is 0 Å². The van der Waals surface area contributed by atoms with Gasteiger partial charge < -0.3 is 9.15 Å². The molecule has 0 radical (unpaired) electrons. The number of ether oxygens (including phenoxy) is 1. The number of aromatic nitrogens is 2. The highest BCUT2D eigenvalue weighted by atomic mass is 32.1. The molecule has 0 aliphatic heterocycles. The fraction of sp³-hybridized carbons (Fsp3) is 0.350. The lowest BCUT2D eigenvalue weighted by Crippen LogP contribution is -2.08. The summed E-state index contributed by atoms with van der Waals surface area (Å²) in [4.78, 5) is 14.5. The summed E-state index contributed by atoms with van der Waals surface area (Å²) in [7, 11) is 0. The van der Waals surface area contributed by atoms with Crippen molar-refractivity contribution in [1.29, 1.82) is 0 Å². The van der Waals surface area contributed by atoms with Crippen LogP contribution in [0.15, 0.2) is 40.8 Å². The van der Waals surface area contributed by atoms with Gasteiger partial charge in [-0.05, 0) is 56.4 Å². The summed E-state index contributed by atoms with van der Waals surface area (Å²) in [5.41, 5.74) is 2.14. The standard InChI is InChI=1S/C20H20N2O3S/c1-13(18-21-22-19(25-18)14-8-4-2-5-9-14)24-20(23)17-12-15-10-6-3-7-11-16(15)26-17/h2,4-5,8-9,12-13H,3,6-7,10-11H2,1H3/t13-/m0/s1. The Morgan fingerprint density at radius 3 is 2.81 bits per heavy atom. The van der Waals surface area contributed by atoms with Crippen molar-refractivity contribution in [2.24, 2.45) is 0 Å². The molecule has 0 bridgehead atoms. The molecule has 1 atom stereocenters. The van der Waals surface area contributed by atoms with Crippen molar-refractivity contribution < 1.29 is 13.9 Å². The Kier molecular flexibility index (Phi) is 4.84. The highest BCUT2D eigenvalue weighted by molar-refractivity contribution is 7.14. The minimum atomic E-state index is -0.589. The van der Waals surface area contributed by atoms with Crippen LogP contribution in [0.2, 0.25) is 0 Å². The third-order valence-electron chi connectivity index (χ3n) is 4.54. The van der Waals surface area contributed by atoms with Gasteiger partial charge in [0.1, 0.15) is 4.88 Å². The summed E-state index contributed by atoms with van der Waals surface area (Å²) in [6, 6.07) is 11.5. The average Bonchev–Trinajstić information content (AvgIpc) is 3.25. The van der Waals surface area contributed by atoms with Crippen LogP contribution >= 0.6 is 11.3 Å². The Labute approximate surface area is 156 Å². The van der Waals surface area contributed by atoms with Crippen LogP contribution in [-0.2, 0) is 17.6 Å². The first-order valence-electron chi connectivity index (χ1n) is 8.92. The van der Waals surface area contributed by atoms with Crippen LogP contribution in [0.5, 0.6) is 0 Å². The zero-order valence-corrected chi connectivity index (χ0v) is 15.4. The van der Waals surface area contributed by atoms with E-state index in [4.69, 9.17) is 9.15 Å². The fourth-order valence-electron chi connectivity index (χ4n) is 3.13. The molecule has 1 aromatic carbocycles. The van der Waals surface area contributed by atoms with E-state index >= 15 is 0 Å². The molecule has 0 unspecified atom stereocenters. The number of nitrogens with zero attached hydrogens (tertiary/aromatic N) is 2. The maximum absolute atomic E-state index is 12.5. The topological polar surface area (TPSA) is 65.2 Å². The van der Waals surface area contributed by atoms with Crippen molar-refractivity contribution in [3.8, 4) is 11.5 Å². The van der Waals surface area contributed by atoms with Crippen molar-refractivity contribution in [3.63, 3.8) is 0 Å². The van der Waals surface area contributed by atoms with E-state index in [0.29, 0.717) is 16.7 Å². The molecule has 1 aliphatic carbocycles. The SMILES string of the molecule is C[C@H](OC(=O)c1cc2c(s1)CCCCC2)c1nnc(-c2ccccc2)o1. The van der Waals surface area contributed by atoms with E-state index in [-0.39, 0.29) is 5.97 Å². The smallest absolute Gasteiger partial charge is 0.349 e. The van der Waals surface area contributed by atoms with E-state index < -0.39 is 6.10 Å². The Bertz CT molecular complexity index is 877. The minimum absolute atomic E-state index is 0.301. The number of hydrogen-bond acceptors (Lipinski definition) is 6. The minimum Gasteiger partial charge on any atom is -0.448 e. The molecular weight excluding hydrogens is 348 g/mol. The maximum atomic E-state index is 12.5. The summed E-state index contributed by atoms with van der Waals surface area (Å²) < 4.78 is 11.2. The zero-order chi connectivity index (χ0) is 17.9. The van der Waals surface area contributed by atoms with Crippen LogP contribution in [0.25, 0.3) is 11.5 Å². The number of thiophene rings is 1. The molecular formula is C20H20N2O3S. The van der Waals surface area contributed by atoms with Crippen molar-refractivity contribution >= 4 is 17.3 Å². The molecule has 2 aromatic heterocycles. The maximum Gasteiger partial charge on any atom is 0.349 e. The van der Waals surface area contributed by atoms with Gasteiger partial charge in [-0.2, -0.15) is 0 Å². The Morgan fingerprint density at radius 2 is 1.96 bits per heavy atom. The predicted octanol–water partition coefficient (Wildman–Crippen LogP) is 4.99.